The molecule has 0 atom stereocenters. The van der Waals surface area contributed by atoms with Crippen LogP contribution in [0.25, 0.3) is 11.1 Å². The molecule has 0 amide bonds. The van der Waals surface area contributed by atoms with Gasteiger partial charge in [0, 0.05) is 17.8 Å². The molecule has 0 N–H and O–H groups in total. The summed E-state index contributed by atoms with van der Waals surface area (Å²) in [6.45, 7) is 0. The number of alkyl halides is 3. The van der Waals surface area contributed by atoms with E-state index in [1.165, 1.54) is 24.4 Å². The second kappa shape index (κ2) is 7.03. The van der Waals surface area contributed by atoms with Gasteiger partial charge < -0.3 is 4.74 Å². The van der Waals surface area contributed by atoms with Crippen molar-refractivity contribution in [3.8, 4) is 28.8 Å². The van der Waals surface area contributed by atoms with Gasteiger partial charge in [-0.05, 0) is 35.9 Å². The van der Waals surface area contributed by atoms with Gasteiger partial charge in [0.1, 0.15) is 17.4 Å². The summed E-state index contributed by atoms with van der Waals surface area (Å²) >= 11 is 0. The van der Waals surface area contributed by atoms with E-state index < -0.39 is 23.4 Å². The minimum Gasteiger partial charge on any atom is -0.435 e. The first-order chi connectivity index (χ1) is 12.8. The number of nitrogens with zero attached hydrogens (tertiary/aromatic N) is 2. The Morgan fingerprint density at radius 3 is 2.41 bits per heavy atom. The summed E-state index contributed by atoms with van der Waals surface area (Å²) in [6, 6.07) is 10.2. The Kier molecular flexibility index (Phi) is 4.77. The highest BCUT2D eigenvalue weighted by atomic mass is 19.4. The molecule has 3 nitrogen and oxygen atoms in total. The van der Waals surface area contributed by atoms with Crippen LogP contribution in [-0.2, 0) is 6.18 Å². The molecule has 2 aromatic carbocycles. The number of pyridine rings is 1. The molecule has 0 aliphatic rings. The summed E-state index contributed by atoms with van der Waals surface area (Å²) in [5, 5.41) is 9.26. The van der Waals surface area contributed by atoms with Crippen molar-refractivity contribution in [2.24, 2.45) is 0 Å². The molecule has 27 heavy (non-hydrogen) atoms. The fraction of sp³-hybridized carbons (Fsp3) is 0.0526. The van der Waals surface area contributed by atoms with Crippen molar-refractivity contribution >= 4 is 0 Å². The minimum atomic E-state index is -4.51. The summed E-state index contributed by atoms with van der Waals surface area (Å²) in [7, 11) is 0. The Hall–Kier alpha value is -3.47. The van der Waals surface area contributed by atoms with Crippen molar-refractivity contribution in [2.45, 2.75) is 6.18 Å². The van der Waals surface area contributed by atoms with Gasteiger partial charge >= 0.3 is 6.18 Å². The van der Waals surface area contributed by atoms with Crippen LogP contribution in [0.1, 0.15) is 11.1 Å². The fourth-order valence-electron chi connectivity index (χ4n) is 2.31. The predicted octanol–water partition coefficient (Wildman–Crippen LogP) is 5.71. The quantitative estimate of drug-likeness (QED) is 0.550. The molecule has 0 radical (unpaired) electrons. The third kappa shape index (κ3) is 4.03. The maximum absolute atomic E-state index is 13.7. The molecule has 0 spiro atoms. The summed E-state index contributed by atoms with van der Waals surface area (Å²) in [5.41, 5.74) is -0.501. The monoisotopic (exact) mass is 376 g/mol. The molecule has 0 aliphatic carbocycles. The fourth-order valence-corrected chi connectivity index (χ4v) is 2.31. The molecule has 8 heteroatoms. The van der Waals surface area contributed by atoms with Gasteiger partial charge in [0.2, 0.25) is 5.88 Å². The molecule has 0 fully saturated rings. The molecule has 1 heterocycles. The van der Waals surface area contributed by atoms with E-state index in [4.69, 9.17) is 4.74 Å². The smallest absolute Gasteiger partial charge is 0.416 e. The van der Waals surface area contributed by atoms with Gasteiger partial charge in [-0.1, -0.05) is 12.1 Å². The van der Waals surface area contributed by atoms with E-state index in [-0.39, 0.29) is 28.3 Å². The number of nitriles is 1. The molecular weight excluding hydrogens is 367 g/mol. The first-order valence-corrected chi connectivity index (χ1v) is 7.48. The van der Waals surface area contributed by atoms with Gasteiger partial charge in [0.25, 0.3) is 0 Å². The van der Waals surface area contributed by atoms with E-state index in [1.54, 1.807) is 6.07 Å². The van der Waals surface area contributed by atoms with Crippen LogP contribution in [0.5, 0.6) is 11.6 Å². The van der Waals surface area contributed by atoms with Gasteiger partial charge in [-0.25, -0.2) is 13.8 Å². The Labute approximate surface area is 150 Å². The first kappa shape index (κ1) is 18.3. The lowest BCUT2D eigenvalue weighted by molar-refractivity contribution is -0.137. The summed E-state index contributed by atoms with van der Waals surface area (Å²) in [6.07, 6.45) is -3.31. The van der Waals surface area contributed by atoms with Crippen LogP contribution in [0, 0.1) is 23.0 Å². The SMILES string of the molecule is N#Cc1cc(-c2cccc(C(F)(F)F)c2)cnc1Oc1ccc(F)cc1F. The van der Waals surface area contributed by atoms with Crippen LogP contribution in [-0.4, -0.2) is 4.98 Å². The molecule has 0 aliphatic heterocycles. The third-order valence-electron chi connectivity index (χ3n) is 3.60. The van der Waals surface area contributed by atoms with Crippen LogP contribution < -0.4 is 4.74 Å². The Bertz CT molecular complexity index is 1040. The predicted molar refractivity (Wildman–Crippen MR) is 85.8 cm³/mol. The Morgan fingerprint density at radius 2 is 1.74 bits per heavy atom. The molecule has 136 valence electrons. The molecule has 0 saturated heterocycles. The van der Waals surface area contributed by atoms with E-state index in [2.05, 4.69) is 4.98 Å². The number of halogens is 5. The van der Waals surface area contributed by atoms with E-state index in [9.17, 15) is 27.2 Å². The number of benzene rings is 2. The van der Waals surface area contributed by atoms with E-state index in [0.29, 0.717) is 6.07 Å². The Morgan fingerprint density at radius 1 is 0.963 bits per heavy atom. The van der Waals surface area contributed by atoms with Gasteiger partial charge in [0.05, 0.1) is 5.56 Å². The maximum Gasteiger partial charge on any atom is 0.416 e. The summed E-state index contributed by atoms with van der Waals surface area (Å²) < 4.78 is 70.4. The standard InChI is InChI=1S/C19H9F5N2O/c20-15-4-5-17(16(21)8-15)27-18-12(9-25)6-13(10-26-18)11-2-1-3-14(7-11)19(22,23)24/h1-8,10H. The number of rotatable bonds is 3. The lowest BCUT2D eigenvalue weighted by atomic mass is 10.0. The largest absolute Gasteiger partial charge is 0.435 e. The Balaban J connectivity index is 1.97. The first-order valence-electron chi connectivity index (χ1n) is 7.48. The zero-order valence-corrected chi connectivity index (χ0v) is 13.4. The van der Waals surface area contributed by atoms with E-state index >= 15 is 0 Å². The van der Waals surface area contributed by atoms with Crippen LogP contribution >= 0.6 is 0 Å². The van der Waals surface area contributed by atoms with Crippen molar-refractivity contribution < 1.29 is 26.7 Å². The zero-order valence-electron chi connectivity index (χ0n) is 13.4. The second-order valence-corrected chi connectivity index (χ2v) is 5.44. The minimum absolute atomic E-state index is 0.117. The van der Waals surface area contributed by atoms with E-state index in [0.717, 1.165) is 24.3 Å². The number of hydrogen-bond acceptors (Lipinski definition) is 3. The third-order valence-corrected chi connectivity index (χ3v) is 3.60. The molecule has 0 bridgehead atoms. The van der Waals surface area contributed by atoms with Crippen molar-refractivity contribution in [1.29, 1.82) is 5.26 Å². The zero-order chi connectivity index (χ0) is 19.6. The molecule has 1 aromatic heterocycles. The number of hydrogen-bond donors (Lipinski definition) is 0. The van der Waals surface area contributed by atoms with Crippen LogP contribution in [0.3, 0.4) is 0 Å². The molecule has 0 saturated carbocycles. The van der Waals surface area contributed by atoms with Crippen LogP contribution in [0.2, 0.25) is 0 Å². The van der Waals surface area contributed by atoms with E-state index in [1.807, 2.05) is 0 Å². The topological polar surface area (TPSA) is 45.9 Å². The van der Waals surface area contributed by atoms with Crippen molar-refractivity contribution in [3.63, 3.8) is 0 Å². The average Bonchev–Trinajstić information content (AvgIpc) is 2.63. The lowest BCUT2D eigenvalue weighted by Gasteiger charge is -2.11. The summed E-state index contributed by atoms with van der Waals surface area (Å²) in [5.74, 6) is -2.37. The van der Waals surface area contributed by atoms with Crippen molar-refractivity contribution in [1.82, 2.24) is 4.98 Å². The van der Waals surface area contributed by atoms with Gasteiger partial charge in [-0.15, -0.1) is 0 Å². The number of aromatic nitrogens is 1. The van der Waals surface area contributed by atoms with Gasteiger partial charge in [-0.2, -0.15) is 18.4 Å². The van der Waals surface area contributed by atoms with Crippen molar-refractivity contribution in [2.75, 3.05) is 0 Å². The number of ether oxygens (including phenoxy) is 1. The van der Waals surface area contributed by atoms with Crippen LogP contribution in [0.4, 0.5) is 22.0 Å². The molecule has 3 rings (SSSR count). The molecule has 3 aromatic rings. The average molecular weight is 376 g/mol. The highest BCUT2D eigenvalue weighted by molar-refractivity contribution is 5.66. The maximum atomic E-state index is 13.7. The molecular formula is C19H9F5N2O. The highest BCUT2D eigenvalue weighted by Crippen LogP contribution is 2.33. The van der Waals surface area contributed by atoms with Crippen LogP contribution in [0.15, 0.2) is 54.7 Å². The lowest BCUT2D eigenvalue weighted by Crippen LogP contribution is -2.04. The second-order valence-electron chi connectivity index (χ2n) is 5.44. The van der Waals surface area contributed by atoms with Gasteiger partial charge in [0.15, 0.2) is 11.6 Å². The van der Waals surface area contributed by atoms with Gasteiger partial charge in [-0.3, -0.25) is 0 Å². The highest BCUT2D eigenvalue weighted by Gasteiger charge is 2.30. The van der Waals surface area contributed by atoms with Crippen molar-refractivity contribution in [3.05, 3.63) is 77.5 Å². The summed E-state index contributed by atoms with van der Waals surface area (Å²) in [4.78, 5) is 3.89. The normalized spacial score (nSPS) is 11.1. The molecule has 0 unspecified atom stereocenters.